The Balaban J connectivity index is 1.59. The van der Waals surface area contributed by atoms with Crippen molar-refractivity contribution in [2.24, 2.45) is 16.3 Å². The van der Waals surface area contributed by atoms with Gasteiger partial charge in [-0.2, -0.15) is 0 Å². The van der Waals surface area contributed by atoms with Crippen LogP contribution < -0.4 is 15.5 Å². The predicted octanol–water partition coefficient (Wildman–Crippen LogP) is 8.73. The lowest BCUT2D eigenvalue weighted by molar-refractivity contribution is -0.125. The van der Waals surface area contributed by atoms with E-state index < -0.39 is 5.91 Å². The van der Waals surface area contributed by atoms with Crippen molar-refractivity contribution in [2.75, 3.05) is 16.8 Å². The molecule has 304 valence electrons. The molecule has 3 atom stereocenters. The summed E-state index contributed by atoms with van der Waals surface area (Å²) >= 11 is 0. The lowest BCUT2D eigenvalue weighted by Gasteiger charge is -2.34. The van der Waals surface area contributed by atoms with E-state index in [1.807, 2.05) is 24.3 Å². The number of nitrogens with zero attached hydrogens (tertiary/aromatic N) is 3. The van der Waals surface area contributed by atoms with Gasteiger partial charge in [0.2, 0.25) is 23.5 Å². The molecule has 56 heavy (non-hydrogen) atoms. The number of benzene rings is 1. The molecule has 1 fully saturated rings. The van der Waals surface area contributed by atoms with Gasteiger partial charge in [0.05, 0.1) is 22.5 Å². The fraction of sp³-hybridized carbons (Fsp3) is 0.587. The first-order valence-corrected chi connectivity index (χ1v) is 20.8. The number of unbranched alkanes of at least 4 members (excludes halogenated alkanes) is 1. The number of carbonyl (C=O) groups excluding carboxylic acids is 4. The van der Waals surface area contributed by atoms with E-state index in [4.69, 9.17) is 0 Å². The van der Waals surface area contributed by atoms with Gasteiger partial charge in [0.25, 0.3) is 0 Å². The molecule has 3 amide bonds. The zero-order chi connectivity index (χ0) is 41.6. The number of ketones is 1. The number of hydrogen-bond donors (Lipinski definition) is 3. The lowest BCUT2D eigenvalue weighted by Crippen LogP contribution is -2.42. The summed E-state index contributed by atoms with van der Waals surface area (Å²) in [5, 5.41) is 17.9. The normalized spacial score (nSPS) is 23.6. The van der Waals surface area contributed by atoms with Crippen molar-refractivity contribution < 1.29 is 24.3 Å². The average molecular weight is 768 g/mol. The van der Waals surface area contributed by atoms with Crippen LogP contribution >= 0.6 is 0 Å². The number of aliphatic hydroxyl groups is 1. The summed E-state index contributed by atoms with van der Waals surface area (Å²) in [6, 6.07) is 4.46. The molecule has 2 aliphatic heterocycles. The molecule has 1 aromatic carbocycles. The summed E-state index contributed by atoms with van der Waals surface area (Å²) in [5.41, 5.74) is 5.11. The molecule has 0 bridgehead atoms. The van der Waals surface area contributed by atoms with Crippen molar-refractivity contribution in [3.63, 3.8) is 0 Å². The van der Waals surface area contributed by atoms with Gasteiger partial charge in [-0.25, -0.2) is 4.99 Å². The predicted molar refractivity (Wildman–Crippen MR) is 227 cm³/mol. The third-order valence-electron chi connectivity index (χ3n) is 13.0. The summed E-state index contributed by atoms with van der Waals surface area (Å²) < 4.78 is 0. The fourth-order valence-electron chi connectivity index (χ4n) is 9.03. The molecule has 1 saturated heterocycles. The van der Waals surface area contributed by atoms with Crippen LogP contribution in [0.25, 0.3) is 5.57 Å². The molecule has 0 spiro atoms. The Morgan fingerprint density at radius 3 is 2.12 bits per heavy atom. The second kappa shape index (κ2) is 16.2. The molecule has 1 aromatic rings. The number of fused-ring (bicyclic) bond motifs is 2. The SMILES string of the molecule is CCCCC(CC)CNC(=O)CCC(=O)N=C1C=C2C(=CC1=C1C(=O)C(c3cc4c(cc3NC(C)=O)N(C(C)C)C(C)C4(C)C)=C1O)C(C)(C)C(C)N2C(C)C. The van der Waals surface area contributed by atoms with Crippen molar-refractivity contribution in [3.05, 3.63) is 63.6 Å². The van der Waals surface area contributed by atoms with Crippen molar-refractivity contribution in [1.29, 1.82) is 0 Å². The van der Waals surface area contributed by atoms with Crippen molar-refractivity contribution >= 4 is 46.2 Å². The maximum absolute atomic E-state index is 14.5. The van der Waals surface area contributed by atoms with E-state index in [9.17, 15) is 24.3 Å². The number of hydrogen-bond acceptors (Lipinski definition) is 7. The number of anilines is 2. The van der Waals surface area contributed by atoms with Gasteiger partial charge in [-0.15, -0.1) is 0 Å². The zero-order valence-corrected chi connectivity index (χ0v) is 36.1. The Morgan fingerprint density at radius 1 is 0.911 bits per heavy atom. The van der Waals surface area contributed by atoms with Crippen LogP contribution in [0.15, 0.2) is 57.5 Å². The van der Waals surface area contributed by atoms with Crippen LogP contribution in [0.5, 0.6) is 0 Å². The molecule has 4 aliphatic rings. The summed E-state index contributed by atoms with van der Waals surface area (Å²) in [5.74, 6) is -1.14. The molecule has 10 heteroatoms. The number of nitrogens with one attached hydrogen (secondary N) is 2. The van der Waals surface area contributed by atoms with Gasteiger partial charge < -0.3 is 25.5 Å². The number of carbonyl (C=O) groups is 4. The van der Waals surface area contributed by atoms with Gasteiger partial charge in [-0.1, -0.05) is 60.8 Å². The fourth-order valence-corrected chi connectivity index (χ4v) is 9.03. The van der Waals surface area contributed by atoms with Crippen LogP contribution in [0.3, 0.4) is 0 Å². The highest BCUT2D eigenvalue weighted by molar-refractivity contribution is 6.42. The highest BCUT2D eigenvalue weighted by Crippen LogP contribution is 2.53. The van der Waals surface area contributed by atoms with Gasteiger partial charge in [0, 0.05) is 83.8 Å². The summed E-state index contributed by atoms with van der Waals surface area (Å²) in [6.07, 6.45) is 7.96. The highest BCUT2D eigenvalue weighted by atomic mass is 16.3. The first kappa shape index (κ1) is 42.7. The van der Waals surface area contributed by atoms with E-state index in [1.165, 1.54) is 6.92 Å². The lowest BCUT2D eigenvalue weighted by atomic mass is 9.73. The van der Waals surface area contributed by atoms with E-state index in [2.05, 4.69) is 109 Å². The largest absolute Gasteiger partial charge is 0.506 e. The number of Topliss-reactive ketones (excluding diaryl/α,β-unsaturated/α-hetero) is 1. The van der Waals surface area contributed by atoms with E-state index in [0.29, 0.717) is 29.3 Å². The van der Waals surface area contributed by atoms with E-state index >= 15 is 0 Å². The number of likely N-dealkylation sites (tertiary alicyclic amines) is 1. The van der Waals surface area contributed by atoms with Crippen LogP contribution in [-0.2, 0) is 24.6 Å². The first-order valence-electron chi connectivity index (χ1n) is 20.8. The molecule has 3 N–H and O–H groups in total. The molecule has 3 unspecified atom stereocenters. The molecule has 2 aliphatic carbocycles. The molecule has 2 heterocycles. The third-order valence-corrected chi connectivity index (χ3v) is 13.0. The molecular weight excluding hydrogens is 703 g/mol. The number of aliphatic imine (C=N–C) groups is 1. The molecule has 0 radical (unpaired) electrons. The topological polar surface area (TPSA) is 131 Å². The average Bonchev–Trinajstić information content (AvgIpc) is 3.43. The Bertz CT molecular complexity index is 1960. The maximum Gasteiger partial charge on any atom is 0.246 e. The highest BCUT2D eigenvalue weighted by Gasteiger charge is 2.49. The standard InChI is InChI=1S/C46H65N5O5/c1-14-16-17-30(15-2)24-47-39(53)18-19-40(54)49-36-23-38-34(46(12,13)28(8)51(38)26(5)6)21-32(36)42-43(55)41(44(42)56)31-20-33-37(22-35(31)48-29(9)52)50(25(3)4)27(7)45(33,10)11/h20-23,25-28,30,55H,14-19,24H2,1-13H3,(H,47,53)(H,48,52). The molecule has 0 saturated carbocycles. The van der Waals surface area contributed by atoms with Gasteiger partial charge >= 0.3 is 0 Å². The molecular formula is C46H65N5O5. The first-order chi connectivity index (χ1) is 26.2. The second-order valence-electron chi connectivity index (χ2n) is 17.9. The number of amides is 3. The quantitative estimate of drug-likeness (QED) is 0.171. The number of allylic oxidation sites excluding steroid dienone is 6. The minimum Gasteiger partial charge on any atom is -0.506 e. The number of rotatable bonds is 13. The molecule has 10 nitrogen and oxygen atoms in total. The molecule has 0 aromatic heterocycles. The second-order valence-corrected chi connectivity index (χ2v) is 17.9. The smallest absolute Gasteiger partial charge is 0.246 e. The molecule has 5 rings (SSSR count). The Kier molecular flexibility index (Phi) is 12.3. The van der Waals surface area contributed by atoms with Crippen molar-refractivity contribution in [3.8, 4) is 0 Å². The Hall–Kier alpha value is -4.47. The van der Waals surface area contributed by atoms with Crippen LogP contribution in [0.1, 0.15) is 140 Å². The van der Waals surface area contributed by atoms with E-state index in [-0.39, 0.29) is 88.1 Å². The Labute approximate surface area is 334 Å². The number of aliphatic hydroxyl groups excluding tert-OH is 1. The van der Waals surface area contributed by atoms with Gasteiger partial charge in [-0.3, -0.25) is 19.2 Å². The van der Waals surface area contributed by atoms with Crippen LogP contribution in [-0.4, -0.2) is 69.9 Å². The van der Waals surface area contributed by atoms with Crippen molar-refractivity contribution in [2.45, 2.75) is 158 Å². The third kappa shape index (κ3) is 7.64. The van der Waals surface area contributed by atoms with E-state index in [0.717, 1.165) is 48.2 Å². The van der Waals surface area contributed by atoms with Crippen LogP contribution in [0, 0.1) is 11.3 Å². The van der Waals surface area contributed by atoms with Gasteiger partial charge in [-0.05, 0) is 89.3 Å². The minimum absolute atomic E-state index is 0.00721. The maximum atomic E-state index is 14.5. The van der Waals surface area contributed by atoms with Crippen molar-refractivity contribution in [1.82, 2.24) is 10.2 Å². The Morgan fingerprint density at radius 2 is 1.55 bits per heavy atom. The monoisotopic (exact) mass is 767 g/mol. The summed E-state index contributed by atoms with van der Waals surface area (Å²) in [4.78, 5) is 62.5. The van der Waals surface area contributed by atoms with Gasteiger partial charge in [0.15, 0.2) is 0 Å². The van der Waals surface area contributed by atoms with Crippen LogP contribution in [0.2, 0.25) is 0 Å². The summed E-state index contributed by atoms with van der Waals surface area (Å²) in [6.45, 7) is 27.8. The summed E-state index contributed by atoms with van der Waals surface area (Å²) in [7, 11) is 0. The van der Waals surface area contributed by atoms with E-state index in [1.54, 1.807) is 0 Å². The van der Waals surface area contributed by atoms with Gasteiger partial charge in [0.1, 0.15) is 5.76 Å². The van der Waals surface area contributed by atoms with Crippen LogP contribution in [0.4, 0.5) is 11.4 Å². The minimum atomic E-state index is -0.477. The zero-order valence-electron chi connectivity index (χ0n) is 36.1.